The van der Waals surface area contributed by atoms with Crippen LogP contribution in [0.1, 0.15) is 0 Å². The van der Waals surface area contributed by atoms with Gasteiger partial charge in [-0.25, -0.2) is 4.98 Å². The van der Waals surface area contributed by atoms with E-state index in [1.165, 1.54) is 43.4 Å². The second-order valence-electron chi connectivity index (χ2n) is 16.5. The maximum atomic E-state index is 5.35. The van der Waals surface area contributed by atoms with Crippen molar-refractivity contribution in [2.45, 2.75) is 0 Å². The minimum atomic E-state index is 0.572. The molecule has 0 aliphatic rings. The predicted molar refractivity (Wildman–Crippen MR) is 264 cm³/mol. The molecule has 0 saturated carbocycles. The van der Waals surface area contributed by atoms with Gasteiger partial charge in [-0.15, -0.1) is 0 Å². The van der Waals surface area contributed by atoms with Crippen molar-refractivity contribution in [3.8, 4) is 67.8 Å². The Morgan fingerprint density at radius 2 is 0.781 bits per heavy atom. The third-order valence-corrected chi connectivity index (χ3v) is 12.7. The number of fused-ring (bicyclic) bond motifs is 3. The van der Waals surface area contributed by atoms with Crippen LogP contribution >= 0.6 is 0 Å². The first kappa shape index (κ1) is 36.0. The normalized spacial score (nSPS) is 11.8. The number of aromatic nitrogens is 5. The zero-order valence-electron chi connectivity index (χ0n) is 34.6. The summed E-state index contributed by atoms with van der Waals surface area (Å²) in [5.41, 5.74) is 14.3. The first-order valence-corrected chi connectivity index (χ1v) is 21.7. The first-order chi connectivity index (χ1) is 31.7. The average molecular weight is 816 g/mol. The van der Waals surface area contributed by atoms with Gasteiger partial charge in [0, 0.05) is 38.4 Å². The SMILES string of the molecule is c1ccc(-c2ccc(-c3nc(-c4ccc(-c5ccccc5)cc4)nc(-n4c5cccc6ccc7cc(-c8ccc9c(c8)c8ccccc8n9-c8ccccc8)cc4c7c65)n3)cc2)cc1. The van der Waals surface area contributed by atoms with Gasteiger partial charge in [-0.1, -0.05) is 176 Å². The predicted octanol–water partition coefficient (Wildman–Crippen LogP) is 15.0. The summed E-state index contributed by atoms with van der Waals surface area (Å²) in [6.45, 7) is 0. The molecule has 10 aromatic carbocycles. The van der Waals surface area contributed by atoms with Crippen LogP contribution in [-0.4, -0.2) is 24.1 Å². The Hall–Kier alpha value is -8.67. The van der Waals surface area contributed by atoms with Crippen molar-refractivity contribution < 1.29 is 0 Å². The number of hydrogen-bond acceptors (Lipinski definition) is 3. The summed E-state index contributed by atoms with van der Waals surface area (Å²) in [7, 11) is 0. The third-order valence-electron chi connectivity index (χ3n) is 12.7. The van der Waals surface area contributed by atoms with E-state index >= 15 is 0 Å². The van der Waals surface area contributed by atoms with E-state index in [9.17, 15) is 0 Å². The molecule has 5 heteroatoms. The van der Waals surface area contributed by atoms with Crippen LogP contribution in [0, 0.1) is 0 Å². The molecule has 3 heterocycles. The number of benzene rings is 10. The molecule has 0 amide bonds. The lowest BCUT2D eigenvalue weighted by atomic mass is 9.96. The number of para-hydroxylation sites is 2. The summed E-state index contributed by atoms with van der Waals surface area (Å²) in [6.07, 6.45) is 0. The van der Waals surface area contributed by atoms with Crippen LogP contribution in [0.4, 0.5) is 0 Å². The summed E-state index contributed by atoms with van der Waals surface area (Å²) < 4.78 is 4.61. The molecular formula is C59H37N5. The van der Waals surface area contributed by atoms with Gasteiger partial charge < -0.3 is 4.57 Å². The monoisotopic (exact) mass is 815 g/mol. The lowest BCUT2D eigenvalue weighted by molar-refractivity contribution is 0.954. The molecule has 64 heavy (non-hydrogen) atoms. The average Bonchev–Trinajstić information content (AvgIpc) is 3.90. The molecule has 13 aromatic rings. The summed E-state index contributed by atoms with van der Waals surface area (Å²) in [6, 6.07) is 79.9. The molecule has 298 valence electrons. The fourth-order valence-corrected chi connectivity index (χ4v) is 9.69. The number of nitrogens with zero attached hydrogens (tertiary/aromatic N) is 5. The van der Waals surface area contributed by atoms with Crippen molar-refractivity contribution in [3.63, 3.8) is 0 Å². The summed E-state index contributed by atoms with van der Waals surface area (Å²) >= 11 is 0. The van der Waals surface area contributed by atoms with Gasteiger partial charge in [0.1, 0.15) is 0 Å². The fourth-order valence-electron chi connectivity index (χ4n) is 9.69. The third kappa shape index (κ3) is 5.83. The van der Waals surface area contributed by atoms with Gasteiger partial charge in [0.25, 0.3) is 0 Å². The van der Waals surface area contributed by atoms with Crippen LogP contribution in [0.3, 0.4) is 0 Å². The Morgan fingerprint density at radius 1 is 0.266 bits per heavy atom. The largest absolute Gasteiger partial charge is 0.309 e. The van der Waals surface area contributed by atoms with E-state index in [0.717, 1.165) is 61.2 Å². The molecule has 0 spiro atoms. The molecule has 0 unspecified atom stereocenters. The minimum absolute atomic E-state index is 0.572. The maximum Gasteiger partial charge on any atom is 0.238 e. The van der Waals surface area contributed by atoms with Gasteiger partial charge in [-0.05, 0) is 92.7 Å². The number of rotatable bonds is 7. The van der Waals surface area contributed by atoms with Crippen LogP contribution in [0.15, 0.2) is 224 Å². The molecule has 13 rings (SSSR count). The molecule has 5 nitrogen and oxygen atoms in total. The van der Waals surface area contributed by atoms with Gasteiger partial charge in [-0.2, -0.15) is 9.97 Å². The van der Waals surface area contributed by atoms with Gasteiger partial charge in [0.15, 0.2) is 11.6 Å². The van der Waals surface area contributed by atoms with Crippen molar-refractivity contribution in [2.24, 2.45) is 0 Å². The van der Waals surface area contributed by atoms with E-state index in [-0.39, 0.29) is 0 Å². The highest BCUT2D eigenvalue weighted by Gasteiger charge is 2.22. The Kier molecular flexibility index (Phi) is 8.15. The molecule has 0 radical (unpaired) electrons. The van der Waals surface area contributed by atoms with Crippen LogP contribution in [0.25, 0.3) is 122 Å². The van der Waals surface area contributed by atoms with E-state index in [2.05, 4.69) is 221 Å². The Labute approximate surface area is 369 Å². The lowest BCUT2D eigenvalue weighted by Gasteiger charge is -2.12. The van der Waals surface area contributed by atoms with Crippen molar-refractivity contribution in [3.05, 3.63) is 224 Å². The highest BCUT2D eigenvalue weighted by Crippen LogP contribution is 2.42. The standard InChI is InChI=1S/C59H37N5/c1-4-13-38(14-5-1)40-23-28-43(29-24-40)57-60-58(44-30-25-41(26-31-44)39-15-6-2-7-16-39)62-59(61-57)64-53-22-12-17-42-27-32-46-35-47(37-54(64)56(46)55(42)53)45-33-34-52-50(36-45)49-20-10-11-21-51(49)63(52)48-18-8-3-9-19-48/h1-37H. The van der Waals surface area contributed by atoms with Crippen molar-refractivity contribution in [2.75, 3.05) is 0 Å². The van der Waals surface area contributed by atoms with Gasteiger partial charge in [0.05, 0.1) is 22.1 Å². The molecule has 0 fully saturated rings. The summed E-state index contributed by atoms with van der Waals surface area (Å²) in [5.74, 6) is 1.80. The maximum absolute atomic E-state index is 5.35. The van der Waals surface area contributed by atoms with Crippen LogP contribution in [-0.2, 0) is 0 Å². The van der Waals surface area contributed by atoms with Crippen LogP contribution < -0.4 is 0 Å². The van der Waals surface area contributed by atoms with Gasteiger partial charge in [-0.3, -0.25) is 4.57 Å². The molecule has 0 saturated heterocycles. The van der Waals surface area contributed by atoms with Crippen molar-refractivity contribution in [1.82, 2.24) is 24.1 Å². The summed E-state index contributed by atoms with van der Waals surface area (Å²) in [5, 5.41) is 7.19. The number of hydrogen-bond donors (Lipinski definition) is 0. The fraction of sp³-hybridized carbons (Fsp3) is 0. The quantitative estimate of drug-likeness (QED) is 0.151. The zero-order valence-corrected chi connectivity index (χ0v) is 34.6. The van der Waals surface area contributed by atoms with Gasteiger partial charge >= 0.3 is 0 Å². The second-order valence-corrected chi connectivity index (χ2v) is 16.5. The van der Waals surface area contributed by atoms with E-state index < -0.39 is 0 Å². The van der Waals surface area contributed by atoms with Crippen molar-refractivity contribution >= 4 is 54.4 Å². The highest BCUT2D eigenvalue weighted by molar-refractivity contribution is 6.25. The zero-order chi connectivity index (χ0) is 42.1. The van der Waals surface area contributed by atoms with Crippen LogP contribution in [0.5, 0.6) is 0 Å². The molecule has 3 aromatic heterocycles. The Morgan fingerprint density at radius 3 is 1.45 bits per heavy atom. The molecular weight excluding hydrogens is 779 g/mol. The Balaban J connectivity index is 1.02. The summed E-state index contributed by atoms with van der Waals surface area (Å²) in [4.78, 5) is 15.9. The topological polar surface area (TPSA) is 48.5 Å². The second kappa shape index (κ2) is 14.5. The lowest BCUT2D eigenvalue weighted by Crippen LogP contribution is -2.06. The molecule has 0 aliphatic carbocycles. The van der Waals surface area contributed by atoms with E-state index in [4.69, 9.17) is 15.0 Å². The molecule has 0 atom stereocenters. The molecule has 0 bridgehead atoms. The van der Waals surface area contributed by atoms with E-state index in [1.807, 2.05) is 12.1 Å². The van der Waals surface area contributed by atoms with E-state index in [0.29, 0.717) is 17.6 Å². The van der Waals surface area contributed by atoms with E-state index in [1.54, 1.807) is 0 Å². The smallest absolute Gasteiger partial charge is 0.238 e. The Bertz CT molecular complexity index is 3750. The first-order valence-electron chi connectivity index (χ1n) is 21.7. The van der Waals surface area contributed by atoms with Gasteiger partial charge in [0.2, 0.25) is 5.95 Å². The minimum Gasteiger partial charge on any atom is -0.309 e. The van der Waals surface area contributed by atoms with Crippen LogP contribution in [0.2, 0.25) is 0 Å². The highest BCUT2D eigenvalue weighted by atomic mass is 15.2. The van der Waals surface area contributed by atoms with Crippen molar-refractivity contribution in [1.29, 1.82) is 0 Å². The molecule has 0 aliphatic heterocycles. The molecule has 0 N–H and O–H groups in total.